The minimum Gasteiger partial charge on any atom is -0.495 e. The topological polar surface area (TPSA) is 81.2 Å². The lowest BCUT2D eigenvalue weighted by atomic mass is 10.2. The molecule has 0 unspecified atom stereocenters. The van der Waals surface area contributed by atoms with Crippen LogP contribution in [0.25, 0.3) is 10.6 Å². The molecule has 1 N–H and O–H groups in total. The molecular formula is C15H12ClN3O3S2. The van der Waals surface area contributed by atoms with Gasteiger partial charge < -0.3 is 4.74 Å². The van der Waals surface area contributed by atoms with Gasteiger partial charge in [0.25, 0.3) is 10.0 Å². The van der Waals surface area contributed by atoms with Gasteiger partial charge in [-0.2, -0.15) is 0 Å². The van der Waals surface area contributed by atoms with Crippen molar-refractivity contribution < 1.29 is 13.2 Å². The molecule has 9 heteroatoms. The predicted molar refractivity (Wildman–Crippen MR) is 94.2 cm³/mol. The molecule has 3 aromatic rings. The highest BCUT2D eigenvalue weighted by molar-refractivity contribution is 7.93. The number of rotatable bonds is 5. The van der Waals surface area contributed by atoms with E-state index in [1.54, 1.807) is 0 Å². The van der Waals surface area contributed by atoms with E-state index < -0.39 is 10.0 Å². The van der Waals surface area contributed by atoms with Crippen LogP contribution in [0.15, 0.2) is 53.4 Å². The van der Waals surface area contributed by atoms with Crippen molar-refractivity contribution in [3.8, 4) is 16.3 Å². The van der Waals surface area contributed by atoms with Crippen LogP contribution in [-0.2, 0) is 10.0 Å². The van der Waals surface area contributed by atoms with Crippen LogP contribution in [0.1, 0.15) is 0 Å². The Morgan fingerprint density at radius 3 is 2.54 bits per heavy atom. The summed E-state index contributed by atoms with van der Waals surface area (Å²) in [5.74, 6) is 0.401. The molecule has 1 heterocycles. The molecule has 3 rings (SSSR count). The minimum atomic E-state index is -3.81. The lowest BCUT2D eigenvalue weighted by Crippen LogP contribution is -2.12. The Morgan fingerprint density at radius 1 is 1.12 bits per heavy atom. The Hall–Kier alpha value is -2.16. The molecule has 0 atom stereocenters. The van der Waals surface area contributed by atoms with Crippen LogP contribution < -0.4 is 9.46 Å². The molecule has 0 aliphatic rings. The van der Waals surface area contributed by atoms with Crippen LogP contribution in [0.3, 0.4) is 0 Å². The van der Waals surface area contributed by atoms with Crippen LogP contribution in [-0.4, -0.2) is 25.7 Å². The van der Waals surface area contributed by atoms with Gasteiger partial charge in [0.2, 0.25) is 5.13 Å². The molecule has 2 aromatic carbocycles. The highest BCUT2D eigenvalue weighted by atomic mass is 35.5. The summed E-state index contributed by atoms with van der Waals surface area (Å²) < 4.78 is 32.3. The van der Waals surface area contributed by atoms with E-state index in [4.69, 9.17) is 16.3 Å². The van der Waals surface area contributed by atoms with E-state index in [2.05, 4.69) is 14.9 Å². The maximum absolute atomic E-state index is 12.4. The number of nitrogens with zero attached hydrogens (tertiary/aromatic N) is 2. The fourth-order valence-electron chi connectivity index (χ4n) is 1.95. The van der Waals surface area contributed by atoms with Gasteiger partial charge in [-0.05, 0) is 18.2 Å². The summed E-state index contributed by atoms with van der Waals surface area (Å²) in [5.41, 5.74) is 0.868. The number of ether oxygens (including phenoxy) is 1. The second-order valence-corrected chi connectivity index (χ2v) is 7.75. The van der Waals surface area contributed by atoms with Crippen LogP contribution >= 0.6 is 22.9 Å². The normalized spacial score (nSPS) is 11.2. The molecule has 0 aliphatic heterocycles. The van der Waals surface area contributed by atoms with Crippen LogP contribution in [0, 0.1) is 0 Å². The van der Waals surface area contributed by atoms with Crippen molar-refractivity contribution in [1.29, 1.82) is 0 Å². The third kappa shape index (κ3) is 3.50. The first-order chi connectivity index (χ1) is 11.5. The fourth-order valence-corrected chi connectivity index (χ4v) is 4.28. The first-order valence-electron chi connectivity index (χ1n) is 6.75. The zero-order chi connectivity index (χ0) is 17.2. The number of anilines is 1. The number of hydrogen-bond acceptors (Lipinski definition) is 6. The Balaban J connectivity index is 1.85. The van der Waals surface area contributed by atoms with Crippen molar-refractivity contribution in [1.82, 2.24) is 10.2 Å². The number of methoxy groups -OCH3 is 1. The quantitative estimate of drug-likeness (QED) is 0.729. The molecule has 0 spiro atoms. The third-order valence-electron chi connectivity index (χ3n) is 3.10. The van der Waals surface area contributed by atoms with E-state index in [1.165, 1.54) is 25.3 Å². The van der Waals surface area contributed by atoms with Gasteiger partial charge in [0, 0.05) is 5.56 Å². The molecule has 1 aromatic heterocycles. The molecule has 0 bridgehead atoms. The molecule has 0 fully saturated rings. The second-order valence-electron chi connectivity index (χ2n) is 4.68. The van der Waals surface area contributed by atoms with Crippen molar-refractivity contribution in [2.24, 2.45) is 0 Å². The van der Waals surface area contributed by atoms with E-state index >= 15 is 0 Å². The van der Waals surface area contributed by atoms with Crippen molar-refractivity contribution in [3.05, 3.63) is 53.6 Å². The lowest BCUT2D eigenvalue weighted by molar-refractivity contribution is 0.414. The summed E-state index contributed by atoms with van der Waals surface area (Å²) >= 11 is 7.13. The number of halogens is 1. The van der Waals surface area contributed by atoms with Crippen LogP contribution in [0.2, 0.25) is 5.02 Å². The van der Waals surface area contributed by atoms with Crippen molar-refractivity contribution >= 4 is 38.1 Å². The monoisotopic (exact) mass is 381 g/mol. The van der Waals surface area contributed by atoms with Gasteiger partial charge in [-0.1, -0.05) is 53.3 Å². The molecule has 0 radical (unpaired) electrons. The zero-order valence-corrected chi connectivity index (χ0v) is 14.8. The first-order valence-corrected chi connectivity index (χ1v) is 9.42. The molecule has 0 saturated carbocycles. The van der Waals surface area contributed by atoms with Crippen LogP contribution in [0.5, 0.6) is 5.75 Å². The fraction of sp³-hybridized carbons (Fsp3) is 0.0667. The summed E-state index contributed by atoms with van der Waals surface area (Å²) in [6.07, 6.45) is 0. The number of aromatic nitrogens is 2. The average Bonchev–Trinajstić information content (AvgIpc) is 3.03. The molecule has 124 valence electrons. The van der Waals surface area contributed by atoms with E-state index in [0.29, 0.717) is 10.8 Å². The van der Waals surface area contributed by atoms with E-state index in [1.807, 2.05) is 30.3 Å². The minimum absolute atomic E-state index is 0.0183. The van der Waals surface area contributed by atoms with Crippen molar-refractivity contribution in [2.75, 3.05) is 11.8 Å². The zero-order valence-electron chi connectivity index (χ0n) is 12.4. The summed E-state index contributed by atoms with van der Waals surface area (Å²) in [6.45, 7) is 0. The third-order valence-corrected chi connectivity index (χ3v) is 5.75. The van der Waals surface area contributed by atoms with Gasteiger partial charge in [0.05, 0.1) is 17.0 Å². The summed E-state index contributed by atoms with van der Waals surface area (Å²) in [4.78, 5) is 0.0183. The summed E-state index contributed by atoms with van der Waals surface area (Å²) in [6, 6.07) is 13.6. The molecular weight excluding hydrogens is 370 g/mol. The smallest absolute Gasteiger partial charge is 0.263 e. The number of nitrogens with one attached hydrogen (secondary N) is 1. The average molecular weight is 382 g/mol. The highest BCUT2D eigenvalue weighted by Gasteiger charge is 2.18. The molecule has 0 amide bonds. The highest BCUT2D eigenvalue weighted by Crippen LogP contribution is 2.30. The number of benzene rings is 2. The predicted octanol–water partition coefficient (Wildman–Crippen LogP) is 3.67. The number of hydrogen-bond donors (Lipinski definition) is 1. The van der Waals surface area contributed by atoms with Gasteiger partial charge in [-0.15, -0.1) is 10.2 Å². The Labute approximate surface area is 148 Å². The maximum Gasteiger partial charge on any atom is 0.263 e. The van der Waals surface area contributed by atoms with E-state index in [9.17, 15) is 8.42 Å². The second kappa shape index (κ2) is 6.76. The molecule has 6 nitrogen and oxygen atoms in total. The van der Waals surface area contributed by atoms with Crippen molar-refractivity contribution in [3.63, 3.8) is 0 Å². The van der Waals surface area contributed by atoms with Crippen molar-refractivity contribution in [2.45, 2.75) is 4.90 Å². The van der Waals surface area contributed by atoms with E-state index in [0.717, 1.165) is 16.9 Å². The van der Waals surface area contributed by atoms with Gasteiger partial charge in [0.1, 0.15) is 10.8 Å². The molecule has 0 saturated heterocycles. The van der Waals surface area contributed by atoms with Gasteiger partial charge >= 0.3 is 0 Å². The Bertz CT molecular complexity index is 959. The van der Waals surface area contributed by atoms with Gasteiger partial charge in [-0.25, -0.2) is 8.42 Å². The number of sulfonamides is 1. The summed E-state index contributed by atoms with van der Waals surface area (Å²) in [5, 5.41) is 8.90. The summed E-state index contributed by atoms with van der Waals surface area (Å²) in [7, 11) is -2.35. The molecule has 24 heavy (non-hydrogen) atoms. The van der Waals surface area contributed by atoms with Gasteiger partial charge in [0.15, 0.2) is 0 Å². The van der Waals surface area contributed by atoms with Gasteiger partial charge in [-0.3, -0.25) is 4.72 Å². The Morgan fingerprint density at radius 2 is 1.88 bits per heavy atom. The Kier molecular flexibility index (Phi) is 4.70. The SMILES string of the molecule is COc1ccc(S(=O)(=O)Nc2nnc(-c3ccccc3)s2)cc1Cl. The first kappa shape index (κ1) is 16.7. The van der Waals surface area contributed by atoms with Crippen LogP contribution in [0.4, 0.5) is 5.13 Å². The maximum atomic E-state index is 12.4. The standard InChI is InChI=1S/C15H12ClN3O3S2/c1-22-13-8-7-11(9-12(13)16)24(20,21)19-15-18-17-14(23-15)10-5-3-2-4-6-10/h2-9H,1H3,(H,18,19). The largest absolute Gasteiger partial charge is 0.495 e. The lowest BCUT2D eigenvalue weighted by Gasteiger charge is -2.07. The molecule has 0 aliphatic carbocycles. The van der Waals surface area contributed by atoms with E-state index in [-0.39, 0.29) is 15.0 Å².